The first-order valence-electron chi connectivity index (χ1n) is 5.70. The van der Waals surface area contributed by atoms with E-state index in [1.54, 1.807) is 0 Å². The van der Waals surface area contributed by atoms with Crippen molar-refractivity contribution >= 4 is 0 Å². The molecule has 1 rings (SSSR count). The van der Waals surface area contributed by atoms with Crippen LogP contribution in [0, 0.1) is 11.3 Å². The van der Waals surface area contributed by atoms with E-state index in [9.17, 15) is 0 Å². The number of nitriles is 1. The molecule has 5 heteroatoms. The molecule has 5 nitrogen and oxygen atoms in total. The fourth-order valence-corrected chi connectivity index (χ4v) is 1.45. The molecule has 88 valence electrons. The predicted octanol–water partition coefficient (Wildman–Crippen LogP) is 1.41. The lowest BCUT2D eigenvalue weighted by Crippen LogP contribution is -2.25. The van der Waals surface area contributed by atoms with E-state index in [2.05, 4.69) is 35.0 Å². The van der Waals surface area contributed by atoms with Crippen LogP contribution in [0.4, 0.5) is 0 Å². The van der Waals surface area contributed by atoms with E-state index in [-0.39, 0.29) is 0 Å². The van der Waals surface area contributed by atoms with Gasteiger partial charge < -0.3 is 9.42 Å². The maximum Gasteiger partial charge on any atom is 0.227 e. The second kappa shape index (κ2) is 6.96. The van der Waals surface area contributed by atoms with Crippen LogP contribution in [-0.4, -0.2) is 34.7 Å². The Morgan fingerprint density at radius 2 is 2.06 bits per heavy atom. The van der Waals surface area contributed by atoms with Gasteiger partial charge in [0.15, 0.2) is 5.82 Å². The molecule has 0 fully saturated rings. The van der Waals surface area contributed by atoms with Crippen LogP contribution in [-0.2, 0) is 12.8 Å². The molecule has 1 heterocycles. The molecule has 0 aromatic carbocycles. The van der Waals surface area contributed by atoms with Gasteiger partial charge in [0.1, 0.15) is 0 Å². The van der Waals surface area contributed by atoms with E-state index in [0.717, 1.165) is 31.9 Å². The van der Waals surface area contributed by atoms with Gasteiger partial charge in [-0.1, -0.05) is 19.0 Å². The van der Waals surface area contributed by atoms with Gasteiger partial charge >= 0.3 is 0 Å². The Bertz CT molecular complexity index is 338. The lowest BCUT2D eigenvalue weighted by Gasteiger charge is -2.16. The van der Waals surface area contributed by atoms with Crippen LogP contribution < -0.4 is 0 Å². The number of rotatable bonds is 7. The fraction of sp³-hybridized carbons (Fsp3) is 0.727. The van der Waals surface area contributed by atoms with Gasteiger partial charge in [0.2, 0.25) is 5.89 Å². The summed E-state index contributed by atoms with van der Waals surface area (Å²) in [5.41, 5.74) is 0. The van der Waals surface area contributed by atoms with Crippen molar-refractivity contribution in [1.82, 2.24) is 15.0 Å². The van der Waals surface area contributed by atoms with Crippen molar-refractivity contribution in [2.45, 2.75) is 33.1 Å². The Balaban J connectivity index is 2.37. The van der Waals surface area contributed by atoms with Crippen molar-refractivity contribution in [1.29, 1.82) is 5.26 Å². The fourth-order valence-electron chi connectivity index (χ4n) is 1.45. The summed E-state index contributed by atoms with van der Waals surface area (Å²) in [5, 5.41) is 12.3. The number of hydrogen-bond acceptors (Lipinski definition) is 5. The molecule has 0 aliphatic heterocycles. The molecule has 0 aliphatic carbocycles. The summed E-state index contributed by atoms with van der Waals surface area (Å²) < 4.78 is 5.04. The second-order valence-corrected chi connectivity index (χ2v) is 3.54. The molecule has 0 unspecified atom stereocenters. The van der Waals surface area contributed by atoms with Gasteiger partial charge in [0, 0.05) is 25.8 Å². The highest BCUT2D eigenvalue weighted by Gasteiger charge is 2.07. The summed E-state index contributed by atoms with van der Waals surface area (Å²) in [5.74, 6) is 1.30. The minimum absolute atomic E-state index is 0.428. The summed E-state index contributed by atoms with van der Waals surface area (Å²) >= 11 is 0. The standard InChI is InChI=1S/C11H18N4O/c1-3-15(4-2)9-7-10-13-11(16-14-10)6-5-8-12/h3-7,9H2,1-2H3. The third-order valence-corrected chi connectivity index (χ3v) is 2.51. The Hall–Kier alpha value is -1.41. The van der Waals surface area contributed by atoms with Gasteiger partial charge in [0.05, 0.1) is 6.07 Å². The van der Waals surface area contributed by atoms with Crippen LogP contribution >= 0.6 is 0 Å². The molecule has 0 saturated carbocycles. The van der Waals surface area contributed by atoms with Crippen LogP contribution in [0.2, 0.25) is 0 Å². The van der Waals surface area contributed by atoms with Gasteiger partial charge in [-0.2, -0.15) is 10.2 Å². The van der Waals surface area contributed by atoms with E-state index in [4.69, 9.17) is 9.78 Å². The third kappa shape index (κ3) is 3.99. The van der Waals surface area contributed by atoms with Crippen LogP contribution in [0.5, 0.6) is 0 Å². The van der Waals surface area contributed by atoms with Gasteiger partial charge in [-0.25, -0.2) is 0 Å². The van der Waals surface area contributed by atoms with Crippen molar-refractivity contribution in [3.05, 3.63) is 11.7 Å². The summed E-state index contributed by atoms with van der Waals surface area (Å²) in [4.78, 5) is 6.54. The maximum absolute atomic E-state index is 8.43. The molecule has 0 amide bonds. The number of aromatic nitrogens is 2. The zero-order valence-corrected chi connectivity index (χ0v) is 9.94. The SMILES string of the molecule is CCN(CC)CCc1noc(CCC#N)n1. The molecule has 0 N–H and O–H groups in total. The molecule has 1 aromatic rings. The highest BCUT2D eigenvalue weighted by Crippen LogP contribution is 2.02. The van der Waals surface area contributed by atoms with Gasteiger partial charge in [-0.15, -0.1) is 0 Å². The van der Waals surface area contributed by atoms with Crippen LogP contribution in [0.3, 0.4) is 0 Å². The largest absolute Gasteiger partial charge is 0.339 e. The molecule has 1 aromatic heterocycles. The molecule has 0 bridgehead atoms. The average Bonchev–Trinajstić information content (AvgIpc) is 2.76. The molecule has 0 atom stereocenters. The summed E-state index contributed by atoms with van der Waals surface area (Å²) in [7, 11) is 0. The minimum atomic E-state index is 0.428. The number of hydrogen-bond donors (Lipinski definition) is 0. The van der Waals surface area contributed by atoms with E-state index in [0.29, 0.717) is 18.7 Å². The Kier molecular flexibility index (Phi) is 5.51. The van der Waals surface area contributed by atoms with Crippen LogP contribution in [0.15, 0.2) is 4.52 Å². The Morgan fingerprint density at radius 1 is 1.31 bits per heavy atom. The molecular weight excluding hydrogens is 204 g/mol. The molecule has 0 saturated heterocycles. The Morgan fingerprint density at radius 3 is 2.69 bits per heavy atom. The number of aryl methyl sites for hydroxylation is 1. The first kappa shape index (κ1) is 12.7. The monoisotopic (exact) mass is 222 g/mol. The van der Waals surface area contributed by atoms with Crippen LogP contribution in [0.1, 0.15) is 32.0 Å². The highest BCUT2D eigenvalue weighted by atomic mass is 16.5. The van der Waals surface area contributed by atoms with E-state index >= 15 is 0 Å². The molecule has 16 heavy (non-hydrogen) atoms. The minimum Gasteiger partial charge on any atom is -0.339 e. The van der Waals surface area contributed by atoms with Crippen molar-refractivity contribution < 1.29 is 4.52 Å². The van der Waals surface area contributed by atoms with Gasteiger partial charge in [-0.05, 0) is 13.1 Å². The summed E-state index contributed by atoms with van der Waals surface area (Å²) in [6.07, 6.45) is 1.78. The molecular formula is C11H18N4O. The zero-order chi connectivity index (χ0) is 11.8. The first-order valence-corrected chi connectivity index (χ1v) is 5.70. The first-order chi connectivity index (χ1) is 7.80. The van der Waals surface area contributed by atoms with Crippen molar-refractivity contribution in [3.63, 3.8) is 0 Å². The number of nitrogens with zero attached hydrogens (tertiary/aromatic N) is 4. The van der Waals surface area contributed by atoms with E-state index in [1.807, 2.05) is 0 Å². The summed E-state index contributed by atoms with van der Waals surface area (Å²) in [6.45, 7) is 7.30. The van der Waals surface area contributed by atoms with E-state index in [1.165, 1.54) is 0 Å². The lowest BCUT2D eigenvalue weighted by atomic mass is 10.3. The molecule has 0 spiro atoms. The van der Waals surface area contributed by atoms with Crippen molar-refractivity contribution in [2.24, 2.45) is 0 Å². The zero-order valence-electron chi connectivity index (χ0n) is 9.94. The van der Waals surface area contributed by atoms with Crippen LogP contribution in [0.25, 0.3) is 0 Å². The lowest BCUT2D eigenvalue weighted by molar-refractivity contribution is 0.302. The quantitative estimate of drug-likeness (QED) is 0.697. The van der Waals surface area contributed by atoms with Crippen molar-refractivity contribution in [3.8, 4) is 6.07 Å². The maximum atomic E-state index is 8.43. The number of likely N-dealkylation sites (N-methyl/N-ethyl adjacent to an activating group) is 1. The molecule has 0 aliphatic rings. The summed E-state index contributed by atoms with van der Waals surface area (Å²) in [6, 6.07) is 2.06. The predicted molar refractivity (Wildman–Crippen MR) is 59.7 cm³/mol. The topological polar surface area (TPSA) is 66.0 Å². The third-order valence-electron chi connectivity index (χ3n) is 2.51. The smallest absolute Gasteiger partial charge is 0.227 e. The highest BCUT2D eigenvalue weighted by molar-refractivity contribution is 4.89. The second-order valence-electron chi connectivity index (χ2n) is 3.54. The Labute approximate surface area is 96.1 Å². The molecule has 0 radical (unpaired) electrons. The normalized spacial score (nSPS) is 10.6. The average molecular weight is 222 g/mol. The van der Waals surface area contributed by atoms with Crippen molar-refractivity contribution in [2.75, 3.05) is 19.6 Å². The van der Waals surface area contributed by atoms with E-state index < -0.39 is 0 Å². The van der Waals surface area contributed by atoms with Gasteiger partial charge in [0.25, 0.3) is 0 Å². The van der Waals surface area contributed by atoms with Gasteiger partial charge in [-0.3, -0.25) is 0 Å².